The number of ether oxygens (including phenoxy) is 7. The van der Waals surface area contributed by atoms with E-state index in [1.54, 1.807) is 24.3 Å². The fourth-order valence-electron chi connectivity index (χ4n) is 2.81. The van der Waals surface area contributed by atoms with Crippen LogP contribution in [0.1, 0.15) is 15.9 Å². The molecule has 0 fully saturated rings. The van der Waals surface area contributed by atoms with Crippen molar-refractivity contribution in [2.75, 3.05) is 49.1 Å². The third-order valence-corrected chi connectivity index (χ3v) is 4.26. The number of methoxy groups -OCH3 is 5. The van der Waals surface area contributed by atoms with E-state index in [0.29, 0.717) is 17.1 Å². The molecule has 0 spiro atoms. The van der Waals surface area contributed by atoms with Crippen LogP contribution in [0.3, 0.4) is 0 Å². The van der Waals surface area contributed by atoms with E-state index in [-0.39, 0.29) is 36.4 Å². The average Bonchev–Trinajstić information content (AvgIpc) is 2.83. The summed E-state index contributed by atoms with van der Waals surface area (Å²) in [5, 5.41) is 0. The summed E-state index contributed by atoms with van der Waals surface area (Å²) in [6, 6.07) is 8.22. The summed E-state index contributed by atoms with van der Waals surface area (Å²) < 4.78 is 36.7. The first kappa shape index (κ1) is 24.7. The van der Waals surface area contributed by atoms with E-state index >= 15 is 0 Å². The van der Waals surface area contributed by atoms with Gasteiger partial charge in [-0.15, -0.1) is 0 Å². The molecular weight excluding hydrogens is 420 g/mol. The van der Waals surface area contributed by atoms with E-state index in [2.05, 4.69) is 0 Å². The summed E-state index contributed by atoms with van der Waals surface area (Å²) in [4.78, 5) is 25.8. The Hall–Kier alpha value is -3.56. The van der Waals surface area contributed by atoms with Crippen molar-refractivity contribution in [2.45, 2.75) is 0 Å². The Morgan fingerprint density at radius 3 is 1.91 bits per heavy atom. The molecule has 0 amide bonds. The molecule has 0 radical (unpaired) electrons. The van der Waals surface area contributed by atoms with Crippen LogP contribution in [-0.4, -0.2) is 60.7 Å². The molecule has 0 unspecified atom stereocenters. The molecule has 0 atom stereocenters. The predicted octanol–water partition coefficient (Wildman–Crippen LogP) is 3.14. The lowest BCUT2D eigenvalue weighted by Crippen LogP contribution is -2.16. The molecule has 9 heteroatoms. The lowest BCUT2D eigenvalue weighted by Gasteiger charge is -2.16. The van der Waals surface area contributed by atoms with Gasteiger partial charge in [-0.1, -0.05) is 12.1 Å². The van der Waals surface area contributed by atoms with Crippen LogP contribution in [0.4, 0.5) is 0 Å². The van der Waals surface area contributed by atoms with Crippen molar-refractivity contribution in [1.29, 1.82) is 0 Å². The van der Waals surface area contributed by atoms with Crippen LogP contribution in [0, 0.1) is 0 Å². The first-order valence-electron chi connectivity index (χ1n) is 9.44. The van der Waals surface area contributed by atoms with Gasteiger partial charge in [0.2, 0.25) is 11.6 Å². The SMILES string of the molecule is COCOc1c(/C=C\C(=O)C(=O)c2c(OC)ccc(OC)c2OCOC)cccc1OC. The molecule has 9 nitrogen and oxygen atoms in total. The van der Waals surface area contributed by atoms with Crippen LogP contribution in [0.2, 0.25) is 0 Å². The normalized spacial score (nSPS) is 10.7. The Labute approximate surface area is 186 Å². The molecule has 2 rings (SSSR count). The minimum atomic E-state index is -0.842. The summed E-state index contributed by atoms with van der Waals surface area (Å²) in [5.74, 6) is -0.361. The molecule has 32 heavy (non-hydrogen) atoms. The van der Waals surface area contributed by atoms with Crippen LogP contribution in [0.5, 0.6) is 28.7 Å². The van der Waals surface area contributed by atoms with Gasteiger partial charge in [0.25, 0.3) is 0 Å². The Bertz CT molecular complexity index is 966. The highest BCUT2D eigenvalue weighted by molar-refractivity contribution is 6.49. The largest absolute Gasteiger partial charge is 0.496 e. The van der Waals surface area contributed by atoms with Crippen LogP contribution >= 0.6 is 0 Å². The van der Waals surface area contributed by atoms with Gasteiger partial charge in [0.05, 0.1) is 21.3 Å². The second-order valence-electron chi connectivity index (χ2n) is 6.18. The van der Waals surface area contributed by atoms with Gasteiger partial charge in [0, 0.05) is 19.8 Å². The highest BCUT2D eigenvalue weighted by Gasteiger charge is 2.27. The van der Waals surface area contributed by atoms with Gasteiger partial charge in [-0.05, 0) is 30.4 Å². The van der Waals surface area contributed by atoms with Gasteiger partial charge >= 0.3 is 0 Å². The van der Waals surface area contributed by atoms with Crippen molar-refractivity contribution < 1.29 is 42.7 Å². The average molecular weight is 446 g/mol. The Morgan fingerprint density at radius 1 is 0.750 bits per heavy atom. The smallest absolute Gasteiger partial charge is 0.240 e. The zero-order valence-corrected chi connectivity index (χ0v) is 18.6. The first-order chi connectivity index (χ1) is 15.5. The second-order valence-corrected chi connectivity index (χ2v) is 6.18. The van der Waals surface area contributed by atoms with Crippen molar-refractivity contribution in [3.8, 4) is 28.7 Å². The Kier molecular flexibility index (Phi) is 9.52. The van der Waals surface area contributed by atoms with Gasteiger partial charge in [0.15, 0.2) is 36.6 Å². The first-order valence-corrected chi connectivity index (χ1v) is 9.44. The standard InChI is InChI=1S/C23H26O9/c1-26-13-31-22-15(7-6-8-18(22)29-4)9-10-16(24)21(25)20-17(28-3)11-12-19(30-5)23(20)32-14-27-2/h6-12H,13-14H2,1-5H3/b10-9-. The number of ketones is 2. The molecule has 0 N–H and O–H groups in total. The molecule has 0 aliphatic carbocycles. The van der Waals surface area contributed by atoms with E-state index in [1.807, 2.05) is 0 Å². The number of allylic oxidation sites excluding steroid dienone is 1. The number of hydrogen-bond donors (Lipinski definition) is 0. The molecular formula is C23H26O9. The predicted molar refractivity (Wildman–Crippen MR) is 116 cm³/mol. The number of carbonyl (C=O) groups excluding carboxylic acids is 2. The third kappa shape index (κ3) is 5.77. The molecule has 0 saturated carbocycles. The lowest BCUT2D eigenvalue weighted by atomic mass is 10.0. The van der Waals surface area contributed by atoms with Gasteiger partial charge < -0.3 is 33.2 Å². The molecule has 2 aromatic rings. The van der Waals surface area contributed by atoms with Crippen molar-refractivity contribution in [3.63, 3.8) is 0 Å². The summed E-state index contributed by atoms with van der Waals surface area (Å²) in [6.07, 6.45) is 2.59. The van der Waals surface area contributed by atoms with Crippen molar-refractivity contribution in [2.24, 2.45) is 0 Å². The maximum atomic E-state index is 13.0. The number of rotatable bonds is 13. The molecule has 0 aromatic heterocycles. The maximum Gasteiger partial charge on any atom is 0.240 e. The van der Waals surface area contributed by atoms with Crippen molar-refractivity contribution in [3.05, 3.63) is 47.5 Å². The van der Waals surface area contributed by atoms with Crippen LogP contribution < -0.4 is 23.7 Å². The number of carbonyl (C=O) groups is 2. The molecule has 172 valence electrons. The fraction of sp³-hybridized carbons (Fsp3) is 0.304. The van der Waals surface area contributed by atoms with E-state index in [9.17, 15) is 9.59 Å². The van der Waals surface area contributed by atoms with Crippen molar-refractivity contribution in [1.82, 2.24) is 0 Å². The van der Waals surface area contributed by atoms with Gasteiger partial charge in [0.1, 0.15) is 11.3 Å². The number of Topliss-reactive ketones (excluding diaryl/α,β-unsaturated/α-hetero) is 1. The molecule has 0 aliphatic heterocycles. The van der Waals surface area contributed by atoms with Crippen molar-refractivity contribution >= 4 is 17.6 Å². The van der Waals surface area contributed by atoms with Crippen LogP contribution in [0.25, 0.3) is 6.08 Å². The fourth-order valence-corrected chi connectivity index (χ4v) is 2.81. The highest BCUT2D eigenvalue weighted by Crippen LogP contribution is 2.38. The molecule has 0 saturated heterocycles. The minimum Gasteiger partial charge on any atom is -0.496 e. The quantitative estimate of drug-likeness (QED) is 0.199. The van der Waals surface area contributed by atoms with Crippen LogP contribution in [-0.2, 0) is 14.3 Å². The maximum absolute atomic E-state index is 13.0. The van der Waals surface area contributed by atoms with E-state index in [4.69, 9.17) is 33.2 Å². The summed E-state index contributed by atoms with van der Waals surface area (Å²) in [7, 11) is 7.21. The minimum absolute atomic E-state index is 0.0186. The second kappa shape index (κ2) is 12.3. The Balaban J connectivity index is 2.42. The number of benzene rings is 2. The molecule has 2 aromatic carbocycles. The summed E-state index contributed by atoms with van der Waals surface area (Å²) in [6.45, 7) is -0.173. The lowest BCUT2D eigenvalue weighted by molar-refractivity contribution is -0.110. The third-order valence-electron chi connectivity index (χ3n) is 4.26. The zero-order valence-electron chi connectivity index (χ0n) is 18.6. The summed E-state index contributed by atoms with van der Waals surface area (Å²) in [5.41, 5.74) is 0.455. The monoisotopic (exact) mass is 446 g/mol. The van der Waals surface area contributed by atoms with Crippen LogP contribution in [0.15, 0.2) is 36.4 Å². The highest BCUT2D eigenvalue weighted by atomic mass is 16.7. The molecule has 0 bridgehead atoms. The van der Waals surface area contributed by atoms with E-state index in [1.165, 1.54) is 47.7 Å². The topological polar surface area (TPSA) is 98.8 Å². The zero-order chi connectivity index (χ0) is 23.5. The summed E-state index contributed by atoms with van der Waals surface area (Å²) >= 11 is 0. The molecule has 0 heterocycles. The van der Waals surface area contributed by atoms with Gasteiger partial charge in [-0.25, -0.2) is 0 Å². The molecule has 0 aliphatic rings. The van der Waals surface area contributed by atoms with E-state index < -0.39 is 11.6 Å². The van der Waals surface area contributed by atoms with Gasteiger partial charge in [-0.3, -0.25) is 9.59 Å². The number of para-hydroxylation sites is 1. The van der Waals surface area contributed by atoms with E-state index in [0.717, 1.165) is 6.08 Å². The Morgan fingerprint density at radius 2 is 1.31 bits per heavy atom. The number of hydrogen-bond acceptors (Lipinski definition) is 9. The van der Waals surface area contributed by atoms with Gasteiger partial charge in [-0.2, -0.15) is 0 Å².